The van der Waals surface area contributed by atoms with Crippen LogP contribution in [-0.2, 0) is 23.3 Å². The van der Waals surface area contributed by atoms with Gasteiger partial charge in [-0.25, -0.2) is 4.98 Å². The Bertz CT molecular complexity index is 484. The van der Waals surface area contributed by atoms with Gasteiger partial charge in [-0.05, 0) is 33.2 Å². The molecule has 1 aromatic heterocycles. The number of H-pyrrole nitrogens is 1. The standard InChI is InChI=1S/C13H21N3O2/c1-4-13(3,18-5-2)12-15-10-8-14-7-6-9(10)11(17)16-12/h14H,4-8H2,1-3H3,(H,15,16,17). The molecule has 0 saturated heterocycles. The first-order valence-electron chi connectivity index (χ1n) is 6.58. The maximum absolute atomic E-state index is 12.1. The summed E-state index contributed by atoms with van der Waals surface area (Å²) >= 11 is 0. The molecule has 1 aromatic rings. The first kappa shape index (κ1) is 13.2. The minimum absolute atomic E-state index is 0.0177. The van der Waals surface area contributed by atoms with Gasteiger partial charge in [-0.3, -0.25) is 4.79 Å². The number of aromatic amines is 1. The monoisotopic (exact) mass is 251 g/mol. The highest BCUT2D eigenvalue weighted by atomic mass is 16.5. The van der Waals surface area contributed by atoms with E-state index < -0.39 is 5.60 Å². The molecular weight excluding hydrogens is 230 g/mol. The Morgan fingerprint density at radius 2 is 2.22 bits per heavy atom. The Hall–Kier alpha value is -1.20. The number of fused-ring (bicyclic) bond motifs is 1. The average Bonchev–Trinajstić information content (AvgIpc) is 2.39. The molecule has 0 amide bonds. The number of ether oxygens (including phenoxy) is 1. The maximum atomic E-state index is 12.1. The Labute approximate surface area is 107 Å². The summed E-state index contributed by atoms with van der Waals surface area (Å²) in [5, 5.41) is 3.24. The third kappa shape index (κ3) is 2.33. The number of hydrogen-bond donors (Lipinski definition) is 2. The number of rotatable bonds is 4. The van der Waals surface area contributed by atoms with Gasteiger partial charge in [0, 0.05) is 18.7 Å². The molecule has 100 valence electrons. The maximum Gasteiger partial charge on any atom is 0.254 e. The van der Waals surface area contributed by atoms with Crippen LogP contribution in [0, 0.1) is 0 Å². The van der Waals surface area contributed by atoms with Gasteiger partial charge >= 0.3 is 0 Å². The summed E-state index contributed by atoms with van der Waals surface area (Å²) in [7, 11) is 0. The first-order valence-corrected chi connectivity index (χ1v) is 6.58. The van der Waals surface area contributed by atoms with E-state index in [0.717, 1.165) is 30.6 Å². The lowest BCUT2D eigenvalue weighted by molar-refractivity contribution is -0.0394. The molecule has 2 rings (SSSR count). The van der Waals surface area contributed by atoms with E-state index in [-0.39, 0.29) is 5.56 Å². The van der Waals surface area contributed by atoms with Crippen molar-refractivity contribution in [1.82, 2.24) is 15.3 Å². The van der Waals surface area contributed by atoms with Crippen LogP contribution in [0.15, 0.2) is 4.79 Å². The number of nitrogens with zero attached hydrogens (tertiary/aromatic N) is 1. The average molecular weight is 251 g/mol. The van der Waals surface area contributed by atoms with E-state index in [0.29, 0.717) is 19.0 Å². The first-order chi connectivity index (χ1) is 8.60. The molecule has 0 saturated carbocycles. The lowest BCUT2D eigenvalue weighted by Gasteiger charge is -2.28. The Balaban J connectivity index is 2.46. The molecule has 1 atom stereocenters. The molecule has 0 spiro atoms. The van der Waals surface area contributed by atoms with Crippen molar-refractivity contribution in [3.63, 3.8) is 0 Å². The Morgan fingerprint density at radius 1 is 1.44 bits per heavy atom. The molecule has 1 unspecified atom stereocenters. The third-order valence-corrected chi connectivity index (χ3v) is 3.58. The van der Waals surface area contributed by atoms with E-state index in [1.54, 1.807) is 0 Å². The van der Waals surface area contributed by atoms with Crippen LogP contribution in [0.5, 0.6) is 0 Å². The quantitative estimate of drug-likeness (QED) is 0.840. The van der Waals surface area contributed by atoms with Crippen molar-refractivity contribution in [3.8, 4) is 0 Å². The second kappa shape index (κ2) is 5.20. The number of nitrogens with one attached hydrogen (secondary N) is 2. The minimum Gasteiger partial charge on any atom is -0.368 e. The fourth-order valence-corrected chi connectivity index (χ4v) is 2.28. The summed E-state index contributed by atoms with van der Waals surface area (Å²) in [4.78, 5) is 19.6. The smallest absolute Gasteiger partial charge is 0.254 e. The Kier molecular flexibility index (Phi) is 3.82. The lowest BCUT2D eigenvalue weighted by Crippen LogP contribution is -2.36. The summed E-state index contributed by atoms with van der Waals surface area (Å²) in [6.07, 6.45) is 1.52. The zero-order valence-corrected chi connectivity index (χ0v) is 11.3. The van der Waals surface area contributed by atoms with Crippen LogP contribution in [0.4, 0.5) is 0 Å². The minimum atomic E-state index is -0.514. The van der Waals surface area contributed by atoms with Crippen LogP contribution in [0.3, 0.4) is 0 Å². The van der Waals surface area contributed by atoms with Gasteiger partial charge in [0.25, 0.3) is 5.56 Å². The van der Waals surface area contributed by atoms with E-state index >= 15 is 0 Å². The van der Waals surface area contributed by atoms with E-state index in [2.05, 4.69) is 15.3 Å². The van der Waals surface area contributed by atoms with Crippen molar-refractivity contribution in [3.05, 3.63) is 27.4 Å². The lowest BCUT2D eigenvalue weighted by atomic mass is 10.0. The van der Waals surface area contributed by atoms with Crippen LogP contribution < -0.4 is 10.9 Å². The van der Waals surface area contributed by atoms with Crippen molar-refractivity contribution in [2.75, 3.05) is 13.2 Å². The summed E-state index contributed by atoms with van der Waals surface area (Å²) in [5.41, 5.74) is 1.14. The Morgan fingerprint density at radius 3 is 2.89 bits per heavy atom. The van der Waals surface area contributed by atoms with Crippen LogP contribution in [-0.4, -0.2) is 23.1 Å². The van der Waals surface area contributed by atoms with Gasteiger partial charge in [-0.1, -0.05) is 6.92 Å². The van der Waals surface area contributed by atoms with E-state index in [9.17, 15) is 4.79 Å². The molecule has 1 aliphatic heterocycles. The largest absolute Gasteiger partial charge is 0.368 e. The highest BCUT2D eigenvalue weighted by Gasteiger charge is 2.29. The van der Waals surface area contributed by atoms with Gasteiger partial charge < -0.3 is 15.0 Å². The van der Waals surface area contributed by atoms with Gasteiger partial charge in [0.05, 0.1) is 5.69 Å². The van der Waals surface area contributed by atoms with Crippen LogP contribution in [0.2, 0.25) is 0 Å². The van der Waals surface area contributed by atoms with Crippen LogP contribution in [0.1, 0.15) is 44.3 Å². The molecular formula is C13H21N3O2. The zero-order valence-electron chi connectivity index (χ0n) is 11.3. The topological polar surface area (TPSA) is 67.0 Å². The number of aromatic nitrogens is 2. The van der Waals surface area contributed by atoms with Gasteiger partial charge in [-0.15, -0.1) is 0 Å². The van der Waals surface area contributed by atoms with E-state index in [4.69, 9.17) is 4.74 Å². The van der Waals surface area contributed by atoms with Gasteiger partial charge in [0.2, 0.25) is 0 Å². The van der Waals surface area contributed by atoms with Crippen molar-refractivity contribution >= 4 is 0 Å². The molecule has 0 bridgehead atoms. The molecule has 18 heavy (non-hydrogen) atoms. The molecule has 0 fully saturated rings. The molecule has 2 heterocycles. The summed E-state index contributed by atoms with van der Waals surface area (Å²) in [5.74, 6) is 0.638. The zero-order chi connectivity index (χ0) is 13.2. The number of hydrogen-bond acceptors (Lipinski definition) is 4. The highest BCUT2D eigenvalue weighted by Crippen LogP contribution is 2.25. The van der Waals surface area contributed by atoms with Gasteiger partial charge in [0.1, 0.15) is 11.4 Å². The second-order valence-corrected chi connectivity index (χ2v) is 4.78. The molecule has 2 N–H and O–H groups in total. The van der Waals surface area contributed by atoms with Crippen molar-refractivity contribution in [2.45, 2.75) is 45.8 Å². The summed E-state index contributed by atoms with van der Waals surface area (Å²) < 4.78 is 5.76. The fourth-order valence-electron chi connectivity index (χ4n) is 2.28. The van der Waals surface area contributed by atoms with Crippen molar-refractivity contribution in [1.29, 1.82) is 0 Å². The predicted molar refractivity (Wildman–Crippen MR) is 69.5 cm³/mol. The van der Waals surface area contributed by atoms with Crippen molar-refractivity contribution in [2.24, 2.45) is 0 Å². The third-order valence-electron chi connectivity index (χ3n) is 3.58. The van der Waals surface area contributed by atoms with Crippen LogP contribution >= 0.6 is 0 Å². The highest BCUT2D eigenvalue weighted by molar-refractivity contribution is 5.22. The summed E-state index contributed by atoms with van der Waals surface area (Å²) in [6, 6.07) is 0. The van der Waals surface area contributed by atoms with E-state index in [1.807, 2.05) is 20.8 Å². The molecule has 0 aromatic carbocycles. The molecule has 5 nitrogen and oxygen atoms in total. The summed E-state index contributed by atoms with van der Waals surface area (Å²) in [6.45, 7) is 8.06. The normalized spacial score (nSPS) is 18.2. The molecule has 0 aliphatic carbocycles. The molecule has 0 radical (unpaired) electrons. The predicted octanol–water partition coefficient (Wildman–Crippen LogP) is 1.08. The van der Waals surface area contributed by atoms with Crippen LogP contribution in [0.25, 0.3) is 0 Å². The van der Waals surface area contributed by atoms with Gasteiger partial charge in [0.15, 0.2) is 0 Å². The van der Waals surface area contributed by atoms with E-state index in [1.165, 1.54) is 0 Å². The van der Waals surface area contributed by atoms with Gasteiger partial charge in [-0.2, -0.15) is 0 Å². The SMILES string of the molecule is CCOC(C)(CC)c1nc2c(c(=O)[nH]1)CCNC2. The molecule has 5 heteroatoms. The second-order valence-electron chi connectivity index (χ2n) is 4.78. The van der Waals surface area contributed by atoms with Crippen molar-refractivity contribution < 1.29 is 4.74 Å². The molecule has 1 aliphatic rings. The fraction of sp³-hybridized carbons (Fsp3) is 0.692.